The zero-order valence-electron chi connectivity index (χ0n) is 26.0. The lowest BCUT2D eigenvalue weighted by atomic mass is 10.1. The number of carbonyl (C=O) groups is 2. The second-order valence-electron chi connectivity index (χ2n) is 10.8. The lowest BCUT2D eigenvalue weighted by molar-refractivity contribution is -0.139. The summed E-state index contributed by atoms with van der Waals surface area (Å²) in [4.78, 5) is 28.7. The van der Waals surface area contributed by atoms with Gasteiger partial charge in [-0.1, -0.05) is 25.0 Å². The predicted molar refractivity (Wildman–Crippen MR) is 168 cm³/mol. The number of hydrogen-bond donors (Lipinski definition) is 1. The highest BCUT2D eigenvalue weighted by molar-refractivity contribution is 7.92. The molecule has 0 radical (unpaired) electrons. The van der Waals surface area contributed by atoms with Crippen LogP contribution >= 0.6 is 0 Å². The molecule has 3 aromatic rings. The molecule has 0 aliphatic heterocycles. The van der Waals surface area contributed by atoms with Crippen LogP contribution in [-0.4, -0.2) is 64.6 Å². The van der Waals surface area contributed by atoms with Gasteiger partial charge in [0.05, 0.1) is 31.4 Å². The van der Waals surface area contributed by atoms with Gasteiger partial charge < -0.3 is 24.4 Å². The van der Waals surface area contributed by atoms with Gasteiger partial charge in [-0.25, -0.2) is 12.8 Å². The number of amides is 2. The standard InChI is InChI=1S/C33H40FN3O7S/c1-5-44-28-16-14-27(15-17-28)37(45(40,41)29-18-19-30(42-3)31(20-29)43-4)22-32(38)36(21-24-10-12-25(34)13-11-24)23(2)33(39)35-26-8-6-7-9-26/h10-20,23,26H,5-9,21-22H2,1-4H3,(H,35,39)/t23-/m0/s1. The molecule has 12 heteroatoms. The highest BCUT2D eigenvalue weighted by Gasteiger charge is 2.34. The molecule has 1 fully saturated rings. The number of benzene rings is 3. The highest BCUT2D eigenvalue weighted by atomic mass is 32.2. The van der Waals surface area contributed by atoms with Crippen LogP contribution in [0.1, 0.15) is 45.1 Å². The van der Waals surface area contributed by atoms with E-state index in [9.17, 15) is 22.4 Å². The molecule has 4 rings (SSSR count). The van der Waals surface area contributed by atoms with Gasteiger partial charge in [-0.3, -0.25) is 13.9 Å². The highest BCUT2D eigenvalue weighted by Crippen LogP contribution is 2.33. The largest absolute Gasteiger partial charge is 0.494 e. The molecule has 0 unspecified atom stereocenters. The number of methoxy groups -OCH3 is 2. The van der Waals surface area contributed by atoms with Gasteiger partial charge in [0.2, 0.25) is 11.8 Å². The van der Waals surface area contributed by atoms with Crippen molar-refractivity contribution in [2.24, 2.45) is 0 Å². The zero-order valence-corrected chi connectivity index (χ0v) is 26.8. The van der Waals surface area contributed by atoms with Gasteiger partial charge in [0.25, 0.3) is 10.0 Å². The topological polar surface area (TPSA) is 114 Å². The molecule has 0 saturated heterocycles. The Morgan fingerprint density at radius 3 is 2.20 bits per heavy atom. The summed E-state index contributed by atoms with van der Waals surface area (Å²) in [7, 11) is -1.51. The molecule has 0 spiro atoms. The van der Waals surface area contributed by atoms with E-state index in [2.05, 4.69) is 5.32 Å². The molecule has 0 bridgehead atoms. The number of hydrogen-bond acceptors (Lipinski definition) is 7. The average Bonchev–Trinajstić information content (AvgIpc) is 3.56. The Labute approximate surface area is 264 Å². The van der Waals surface area contributed by atoms with E-state index < -0.39 is 34.3 Å². The summed E-state index contributed by atoms with van der Waals surface area (Å²) in [6.45, 7) is 3.21. The Kier molecular flexibility index (Phi) is 11.3. The Bertz CT molecular complexity index is 1560. The number of anilines is 1. The Morgan fingerprint density at radius 1 is 0.956 bits per heavy atom. The van der Waals surface area contributed by atoms with E-state index in [1.165, 1.54) is 61.6 Å². The van der Waals surface area contributed by atoms with Crippen molar-refractivity contribution in [1.82, 2.24) is 10.2 Å². The van der Waals surface area contributed by atoms with Crippen LogP contribution in [0, 0.1) is 5.82 Å². The summed E-state index contributed by atoms with van der Waals surface area (Å²) >= 11 is 0. The van der Waals surface area contributed by atoms with Crippen molar-refractivity contribution in [3.63, 3.8) is 0 Å². The van der Waals surface area contributed by atoms with Crippen LogP contribution in [0.5, 0.6) is 17.2 Å². The molecule has 1 saturated carbocycles. The predicted octanol–water partition coefficient (Wildman–Crippen LogP) is 4.91. The molecule has 3 aromatic carbocycles. The van der Waals surface area contributed by atoms with Gasteiger partial charge in [0.15, 0.2) is 11.5 Å². The molecule has 2 amide bonds. The fourth-order valence-electron chi connectivity index (χ4n) is 5.27. The molecule has 0 heterocycles. The second kappa shape index (κ2) is 15.1. The van der Waals surface area contributed by atoms with Crippen LogP contribution in [0.25, 0.3) is 0 Å². The van der Waals surface area contributed by atoms with E-state index in [0.29, 0.717) is 23.7 Å². The van der Waals surface area contributed by atoms with E-state index in [-0.39, 0.29) is 34.8 Å². The first kappa shape index (κ1) is 33.6. The van der Waals surface area contributed by atoms with Crippen molar-refractivity contribution in [1.29, 1.82) is 0 Å². The van der Waals surface area contributed by atoms with E-state index >= 15 is 0 Å². The lowest BCUT2D eigenvalue weighted by Gasteiger charge is -2.32. The van der Waals surface area contributed by atoms with Crippen LogP contribution in [0.4, 0.5) is 10.1 Å². The third-order valence-electron chi connectivity index (χ3n) is 7.79. The Balaban J connectivity index is 1.72. The summed E-state index contributed by atoms with van der Waals surface area (Å²) in [5.74, 6) is -0.323. The Hall–Kier alpha value is -4.32. The molecule has 0 aromatic heterocycles. The summed E-state index contributed by atoms with van der Waals surface area (Å²) in [6, 6.07) is 15.2. The molecule has 45 heavy (non-hydrogen) atoms. The number of rotatable bonds is 14. The molecular weight excluding hydrogens is 601 g/mol. The monoisotopic (exact) mass is 641 g/mol. The van der Waals surface area contributed by atoms with Crippen molar-refractivity contribution >= 4 is 27.5 Å². The lowest BCUT2D eigenvalue weighted by Crippen LogP contribution is -2.52. The zero-order chi connectivity index (χ0) is 32.6. The second-order valence-corrected chi connectivity index (χ2v) is 12.6. The molecule has 1 atom stereocenters. The van der Waals surface area contributed by atoms with Crippen LogP contribution in [-0.2, 0) is 26.2 Å². The first-order valence-corrected chi connectivity index (χ1v) is 16.3. The normalized spacial score (nSPS) is 14.0. The van der Waals surface area contributed by atoms with E-state index in [0.717, 1.165) is 30.0 Å². The summed E-state index contributed by atoms with van der Waals surface area (Å²) in [5.41, 5.74) is 0.798. The Morgan fingerprint density at radius 2 is 1.60 bits per heavy atom. The van der Waals surface area contributed by atoms with Crippen LogP contribution < -0.4 is 23.8 Å². The van der Waals surface area contributed by atoms with Gasteiger partial charge in [0, 0.05) is 18.7 Å². The van der Waals surface area contributed by atoms with Gasteiger partial charge >= 0.3 is 0 Å². The summed E-state index contributed by atoms with van der Waals surface area (Å²) in [5, 5.41) is 3.03. The molecule has 242 valence electrons. The minimum atomic E-state index is -4.35. The number of sulfonamides is 1. The molecule has 10 nitrogen and oxygen atoms in total. The molecular formula is C33H40FN3O7S. The molecule has 1 aliphatic rings. The third kappa shape index (κ3) is 8.24. The van der Waals surface area contributed by atoms with Crippen LogP contribution in [0.15, 0.2) is 71.6 Å². The first-order chi connectivity index (χ1) is 21.6. The number of nitrogens with one attached hydrogen (secondary N) is 1. The maximum Gasteiger partial charge on any atom is 0.264 e. The quantitative estimate of drug-likeness (QED) is 0.266. The third-order valence-corrected chi connectivity index (χ3v) is 9.56. The fourth-order valence-corrected chi connectivity index (χ4v) is 6.70. The fraction of sp³-hybridized carbons (Fsp3) is 0.394. The van der Waals surface area contributed by atoms with Gasteiger partial charge in [-0.15, -0.1) is 0 Å². The number of nitrogens with zero attached hydrogens (tertiary/aromatic N) is 2. The van der Waals surface area contributed by atoms with E-state index in [1.807, 2.05) is 6.92 Å². The van der Waals surface area contributed by atoms with E-state index in [4.69, 9.17) is 14.2 Å². The van der Waals surface area contributed by atoms with Crippen molar-refractivity contribution in [2.45, 2.75) is 63.1 Å². The van der Waals surface area contributed by atoms with Gasteiger partial charge in [-0.05, 0) is 80.8 Å². The summed E-state index contributed by atoms with van der Waals surface area (Å²) < 4.78 is 59.2. The van der Waals surface area contributed by atoms with Gasteiger partial charge in [-0.2, -0.15) is 0 Å². The SMILES string of the molecule is CCOc1ccc(N(CC(=O)N(Cc2ccc(F)cc2)[C@@H](C)C(=O)NC2CCCC2)S(=O)(=O)c2ccc(OC)c(OC)c2)cc1. The molecule has 1 aliphatic carbocycles. The van der Waals surface area contributed by atoms with Crippen molar-refractivity contribution in [3.05, 3.63) is 78.1 Å². The van der Waals surface area contributed by atoms with Crippen molar-refractivity contribution in [3.8, 4) is 17.2 Å². The van der Waals surface area contributed by atoms with Crippen molar-refractivity contribution in [2.75, 3.05) is 31.7 Å². The number of carbonyl (C=O) groups excluding carboxylic acids is 2. The van der Waals surface area contributed by atoms with Gasteiger partial charge in [0.1, 0.15) is 24.2 Å². The molecule has 1 N–H and O–H groups in total. The minimum absolute atomic E-state index is 0.0218. The average molecular weight is 642 g/mol. The summed E-state index contributed by atoms with van der Waals surface area (Å²) in [6.07, 6.45) is 3.75. The maximum atomic E-state index is 14.2. The van der Waals surface area contributed by atoms with E-state index in [1.54, 1.807) is 31.2 Å². The minimum Gasteiger partial charge on any atom is -0.494 e. The number of halogens is 1. The van der Waals surface area contributed by atoms with Crippen LogP contribution in [0.3, 0.4) is 0 Å². The smallest absolute Gasteiger partial charge is 0.264 e. The van der Waals surface area contributed by atoms with Crippen LogP contribution in [0.2, 0.25) is 0 Å². The first-order valence-electron chi connectivity index (χ1n) is 14.9. The number of ether oxygens (including phenoxy) is 3. The van der Waals surface area contributed by atoms with Crippen molar-refractivity contribution < 1.29 is 36.6 Å². The maximum absolute atomic E-state index is 14.2.